The number of hydrogen-bond acceptors (Lipinski definition) is 16. The van der Waals surface area contributed by atoms with Gasteiger partial charge >= 0.3 is 11.9 Å². The van der Waals surface area contributed by atoms with E-state index in [0.29, 0.717) is 108 Å². The fourth-order valence-electron chi connectivity index (χ4n) is 13.0. The highest BCUT2D eigenvalue weighted by molar-refractivity contribution is 5.92. The van der Waals surface area contributed by atoms with Crippen LogP contribution in [-0.2, 0) is 12.8 Å². The van der Waals surface area contributed by atoms with Crippen LogP contribution in [0.1, 0.15) is 224 Å². The van der Waals surface area contributed by atoms with Gasteiger partial charge in [0, 0.05) is 35.9 Å². The summed E-state index contributed by atoms with van der Waals surface area (Å²) in [7, 11) is 0. The number of hydrogen-bond donors (Lipinski definition) is 0. The van der Waals surface area contributed by atoms with Crippen molar-refractivity contribution in [3.05, 3.63) is 240 Å². The molecule has 0 aliphatic carbocycles. The van der Waals surface area contributed by atoms with Crippen molar-refractivity contribution in [3.8, 4) is 103 Å². The van der Waals surface area contributed by atoms with E-state index in [2.05, 4.69) is 45.9 Å². The highest BCUT2D eigenvalue weighted by atomic mass is 16.5. The van der Waals surface area contributed by atoms with Crippen molar-refractivity contribution in [2.24, 2.45) is 0 Å². The molecule has 8 aromatic carbocycles. The Balaban J connectivity index is 0.653. The van der Waals surface area contributed by atoms with E-state index in [9.17, 15) is 20.1 Å². The van der Waals surface area contributed by atoms with Crippen LogP contribution < -0.4 is 37.9 Å². The van der Waals surface area contributed by atoms with Gasteiger partial charge in [0.15, 0.2) is 34.6 Å². The SMILES string of the molecule is CCCCCCCCc1cnc(-c2ccc(OCCCCCCOc3cc(C(=O)Oc4ccc(-c5ccc(C#N)cc5)cc4)ccc3OCCCCCCCCOc3ccc(C(=O)Oc4ccc(-c5ccc(C#N)cc5)cc4)cc3OCCCCCCOc3ccc(-c4ncc(CCCCCCCC)cn4)cc3)cc2)nc1. The highest BCUT2D eigenvalue weighted by Crippen LogP contribution is 2.34. The Kier molecular flexibility index (Phi) is 35.4. The molecule has 0 saturated heterocycles. The van der Waals surface area contributed by atoms with Crippen LogP contribution in [0.25, 0.3) is 45.0 Å². The van der Waals surface area contributed by atoms with Crippen molar-refractivity contribution in [1.29, 1.82) is 10.5 Å². The maximum Gasteiger partial charge on any atom is 0.343 e. The van der Waals surface area contributed by atoms with Gasteiger partial charge in [0.2, 0.25) is 0 Å². The lowest BCUT2D eigenvalue weighted by Crippen LogP contribution is -2.10. The molecule has 0 aliphatic heterocycles. The molecule has 0 aliphatic rings. The molecular formula is C96H108N6O10. The summed E-state index contributed by atoms with van der Waals surface area (Å²) in [5.41, 5.74) is 9.91. The lowest BCUT2D eigenvalue weighted by Gasteiger charge is -2.15. The van der Waals surface area contributed by atoms with Crippen LogP contribution in [0.4, 0.5) is 0 Å². The molecular weight excluding hydrogens is 1400 g/mol. The minimum Gasteiger partial charge on any atom is -0.494 e. The molecule has 582 valence electrons. The topological polar surface area (TPSA) is 207 Å². The van der Waals surface area contributed by atoms with Gasteiger partial charge in [0.25, 0.3) is 0 Å². The minimum absolute atomic E-state index is 0.341. The lowest BCUT2D eigenvalue weighted by atomic mass is 10.0. The van der Waals surface area contributed by atoms with Crippen molar-refractivity contribution >= 4 is 11.9 Å². The molecule has 0 bridgehead atoms. The largest absolute Gasteiger partial charge is 0.494 e. The van der Waals surface area contributed by atoms with Gasteiger partial charge in [0.1, 0.15) is 23.0 Å². The Morgan fingerprint density at radius 1 is 0.286 bits per heavy atom. The summed E-state index contributed by atoms with van der Waals surface area (Å²) in [5, 5.41) is 18.5. The second-order valence-corrected chi connectivity index (χ2v) is 28.5. The molecule has 0 spiro atoms. The quantitative estimate of drug-likeness (QED) is 0.0197. The van der Waals surface area contributed by atoms with E-state index in [1.165, 1.54) is 88.2 Å². The van der Waals surface area contributed by atoms with Crippen molar-refractivity contribution in [2.45, 2.75) is 194 Å². The summed E-state index contributed by atoms with van der Waals surface area (Å²) in [6.45, 7) is 7.53. The van der Waals surface area contributed by atoms with Gasteiger partial charge in [-0.05, 0) is 257 Å². The molecule has 0 atom stereocenters. The van der Waals surface area contributed by atoms with Crippen LogP contribution in [-0.4, -0.2) is 71.5 Å². The number of aryl methyl sites for hydroxylation is 2. The molecule has 0 saturated carbocycles. The zero-order valence-corrected chi connectivity index (χ0v) is 65.4. The summed E-state index contributed by atoms with van der Waals surface area (Å²) in [4.78, 5) is 45.9. The molecule has 0 radical (unpaired) electrons. The van der Waals surface area contributed by atoms with Crippen molar-refractivity contribution in [1.82, 2.24) is 19.9 Å². The zero-order chi connectivity index (χ0) is 77.8. The van der Waals surface area contributed by atoms with Crippen LogP contribution in [0.2, 0.25) is 0 Å². The number of carbonyl (C=O) groups excluding carboxylic acids is 2. The molecule has 0 fully saturated rings. The molecule has 10 rings (SSSR count). The van der Waals surface area contributed by atoms with E-state index in [4.69, 9.17) is 37.9 Å². The van der Waals surface area contributed by atoms with Gasteiger partial charge in [-0.2, -0.15) is 10.5 Å². The van der Waals surface area contributed by atoms with Crippen LogP contribution >= 0.6 is 0 Å². The first-order valence-electron chi connectivity index (χ1n) is 40.7. The maximum absolute atomic E-state index is 13.6. The molecule has 16 heteroatoms. The predicted molar refractivity (Wildman–Crippen MR) is 443 cm³/mol. The number of rotatable bonds is 51. The van der Waals surface area contributed by atoms with Crippen molar-refractivity contribution in [2.75, 3.05) is 39.6 Å². The van der Waals surface area contributed by atoms with Crippen LogP contribution in [0, 0.1) is 22.7 Å². The van der Waals surface area contributed by atoms with Gasteiger partial charge in [-0.25, -0.2) is 29.5 Å². The molecule has 2 heterocycles. The first-order chi connectivity index (χ1) is 55.2. The summed E-state index contributed by atoms with van der Waals surface area (Å²) in [6, 6.07) is 59.9. The Bertz CT molecular complexity index is 4200. The van der Waals surface area contributed by atoms with Crippen molar-refractivity contribution < 1.29 is 47.5 Å². The number of esters is 2. The Labute approximate surface area is 662 Å². The third-order valence-electron chi connectivity index (χ3n) is 19.6. The molecule has 0 unspecified atom stereocenters. The van der Waals surface area contributed by atoms with E-state index in [1.807, 2.05) is 122 Å². The molecule has 112 heavy (non-hydrogen) atoms. The standard InChI is InChI=1S/C96H108N6O10/c1-3-5-7-9-13-21-29-75-69-99-93(100-70-75)81-43-49-85(50-44-81)105-59-23-17-19-27-63-109-91-65-83(95(103)111-87-53-39-79(40-54-87)77-35-31-73(67-97)32-36-77)47-57-89(91)107-61-25-15-11-12-16-26-62-108-90-58-48-84(96(104)112-88-55-41-80(42-56-88)78-37-33-74(68-98)34-38-78)66-92(90)110-64-28-20-18-24-60-106-86-51-45-82(46-52-86)94-101-71-76(72-102-94)30-22-14-10-8-6-4-2/h31-58,65-66,69-72H,3-30,59-64H2,1-2H3. The van der Waals surface area contributed by atoms with Crippen molar-refractivity contribution in [3.63, 3.8) is 0 Å². The van der Waals surface area contributed by atoms with E-state index in [0.717, 1.165) is 148 Å². The average molecular weight is 1510 g/mol. The Morgan fingerprint density at radius 3 is 0.875 bits per heavy atom. The number of ether oxygens (including phenoxy) is 8. The smallest absolute Gasteiger partial charge is 0.343 e. The summed E-state index contributed by atoms with van der Waals surface area (Å²) in [6.07, 6.45) is 37.9. The molecule has 2 aromatic heterocycles. The number of benzene rings is 8. The van der Waals surface area contributed by atoms with E-state index in [1.54, 1.807) is 84.9 Å². The zero-order valence-electron chi connectivity index (χ0n) is 65.4. The summed E-state index contributed by atoms with van der Waals surface area (Å²) >= 11 is 0. The average Bonchev–Trinajstić information content (AvgIpc) is 0.824. The molecule has 16 nitrogen and oxygen atoms in total. The Morgan fingerprint density at radius 2 is 0.554 bits per heavy atom. The number of carbonyl (C=O) groups is 2. The van der Waals surface area contributed by atoms with Gasteiger partial charge in [0.05, 0.1) is 74.0 Å². The fourth-order valence-corrected chi connectivity index (χ4v) is 13.0. The highest BCUT2D eigenvalue weighted by Gasteiger charge is 2.18. The fraction of sp³-hybridized carbons (Fsp3) is 0.375. The van der Waals surface area contributed by atoms with E-state index < -0.39 is 11.9 Å². The molecule has 10 aromatic rings. The second-order valence-electron chi connectivity index (χ2n) is 28.5. The van der Waals surface area contributed by atoms with E-state index in [-0.39, 0.29) is 0 Å². The third kappa shape index (κ3) is 28.5. The Hall–Kier alpha value is -11.4. The maximum atomic E-state index is 13.6. The molecule has 0 N–H and O–H groups in total. The minimum atomic E-state index is -0.514. The summed E-state index contributed by atoms with van der Waals surface area (Å²) in [5.74, 6) is 4.95. The number of nitriles is 2. The van der Waals surface area contributed by atoms with Gasteiger partial charge in [-0.1, -0.05) is 152 Å². The number of nitrogens with zero attached hydrogens (tertiary/aromatic N) is 6. The number of unbranched alkanes of at least 4 members (excludes halogenated alkanes) is 21. The van der Waals surface area contributed by atoms with Gasteiger partial charge in [-0.15, -0.1) is 0 Å². The van der Waals surface area contributed by atoms with Crippen LogP contribution in [0.5, 0.6) is 46.0 Å². The normalized spacial score (nSPS) is 11.0. The van der Waals surface area contributed by atoms with Crippen LogP contribution in [0.3, 0.4) is 0 Å². The second kappa shape index (κ2) is 47.6. The first kappa shape index (κ1) is 83.1. The van der Waals surface area contributed by atoms with E-state index >= 15 is 0 Å². The summed E-state index contributed by atoms with van der Waals surface area (Å²) < 4.78 is 49.4. The van der Waals surface area contributed by atoms with Crippen LogP contribution in [0.15, 0.2) is 207 Å². The number of aromatic nitrogens is 4. The first-order valence-corrected chi connectivity index (χ1v) is 40.7. The van der Waals surface area contributed by atoms with Gasteiger partial charge < -0.3 is 37.9 Å². The monoisotopic (exact) mass is 1500 g/mol. The third-order valence-corrected chi connectivity index (χ3v) is 19.6. The lowest BCUT2D eigenvalue weighted by molar-refractivity contribution is 0.0724. The van der Waals surface area contributed by atoms with Gasteiger partial charge in [-0.3, -0.25) is 0 Å². The molecule has 0 amide bonds. The predicted octanol–water partition coefficient (Wildman–Crippen LogP) is 23.8.